The van der Waals surface area contributed by atoms with Crippen LogP contribution in [0.1, 0.15) is 36.2 Å². The van der Waals surface area contributed by atoms with Crippen molar-refractivity contribution in [2.75, 3.05) is 5.32 Å². The summed E-state index contributed by atoms with van der Waals surface area (Å²) in [6.07, 6.45) is -0.351. The molecule has 0 aliphatic heterocycles. The molecule has 0 saturated heterocycles. The number of hydrogen-bond acceptors (Lipinski definition) is 3. The summed E-state index contributed by atoms with van der Waals surface area (Å²) in [5.74, 6) is -4.63. The number of rotatable bonds is 3. The zero-order valence-corrected chi connectivity index (χ0v) is 10.6. The zero-order chi connectivity index (χ0) is 14.8. The van der Waals surface area contributed by atoms with Gasteiger partial charge in [-0.15, -0.1) is 0 Å². The van der Waals surface area contributed by atoms with Crippen molar-refractivity contribution in [3.05, 3.63) is 23.9 Å². The SMILES string of the molecule is O=C(O)c1cccc(NC(=O)C2CCC(F)(F)CC2)n1. The van der Waals surface area contributed by atoms with Crippen LogP contribution in [0, 0.1) is 5.92 Å². The maximum atomic E-state index is 13.0. The molecule has 0 spiro atoms. The summed E-state index contributed by atoms with van der Waals surface area (Å²) >= 11 is 0. The van der Waals surface area contributed by atoms with E-state index in [4.69, 9.17) is 5.11 Å². The highest BCUT2D eigenvalue weighted by Crippen LogP contribution is 2.36. The largest absolute Gasteiger partial charge is 0.477 e. The molecule has 1 heterocycles. The van der Waals surface area contributed by atoms with E-state index >= 15 is 0 Å². The van der Waals surface area contributed by atoms with E-state index in [9.17, 15) is 18.4 Å². The molecular weight excluding hydrogens is 270 g/mol. The highest BCUT2D eigenvalue weighted by molar-refractivity contribution is 5.92. The molecule has 1 aliphatic rings. The molecule has 1 aromatic heterocycles. The van der Waals surface area contributed by atoms with E-state index in [-0.39, 0.29) is 37.2 Å². The summed E-state index contributed by atoms with van der Waals surface area (Å²) in [6.45, 7) is 0. The molecular formula is C13H14F2N2O3. The lowest BCUT2D eigenvalue weighted by Crippen LogP contribution is -2.32. The van der Waals surface area contributed by atoms with Gasteiger partial charge in [-0.3, -0.25) is 4.79 Å². The lowest BCUT2D eigenvalue weighted by molar-refractivity contribution is -0.124. The van der Waals surface area contributed by atoms with E-state index in [0.717, 1.165) is 0 Å². The van der Waals surface area contributed by atoms with Crippen LogP contribution in [0.25, 0.3) is 0 Å². The fourth-order valence-corrected chi connectivity index (χ4v) is 2.15. The number of carboxylic acids is 1. The van der Waals surface area contributed by atoms with Gasteiger partial charge in [-0.1, -0.05) is 6.07 Å². The lowest BCUT2D eigenvalue weighted by Gasteiger charge is -2.27. The predicted molar refractivity (Wildman–Crippen MR) is 66.7 cm³/mol. The quantitative estimate of drug-likeness (QED) is 0.894. The number of anilines is 1. The maximum Gasteiger partial charge on any atom is 0.354 e. The first-order valence-electron chi connectivity index (χ1n) is 6.26. The van der Waals surface area contributed by atoms with Crippen LogP contribution in [0.3, 0.4) is 0 Å². The van der Waals surface area contributed by atoms with Gasteiger partial charge in [0.2, 0.25) is 11.8 Å². The Morgan fingerprint density at radius 2 is 1.95 bits per heavy atom. The van der Waals surface area contributed by atoms with Gasteiger partial charge in [0.1, 0.15) is 5.82 Å². The van der Waals surface area contributed by atoms with Gasteiger partial charge in [0, 0.05) is 18.8 Å². The molecule has 2 rings (SSSR count). The van der Waals surface area contributed by atoms with E-state index in [1.165, 1.54) is 18.2 Å². The second-order valence-corrected chi connectivity index (χ2v) is 4.83. The van der Waals surface area contributed by atoms with Crippen LogP contribution in [-0.4, -0.2) is 27.9 Å². The van der Waals surface area contributed by atoms with Crippen LogP contribution in [0.4, 0.5) is 14.6 Å². The molecule has 1 fully saturated rings. The molecule has 1 saturated carbocycles. The molecule has 7 heteroatoms. The van der Waals surface area contributed by atoms with Crippen LogP contribution in [0.15, 0.2) is 18.2 Å². The van der Waals surface area contributed by atoms with Crippen molar-refractivity contribution in [1.29, 1.82) is 0 Å². The summed E-state index contributed by atoms with van der Waals surface area (Å²) in [6, 6.07) is 4.22. The molecule has 0 bridgehead atoms. The van der Waals surface area contributed by atoms with Gasteiger partial charge >= 0.3 is 5.97 Å². The molecule has 1 aliphatic carbocycles. The minimum absolute atomic E-state index is 0.118. The van der Waals surface area contributed by atoms with Crippen LogP contribution in [-0.2, 0) is 4.79 Å². The number of amides is 1. The number of carboxylic acid groups (broad SMARTS) is 1. The highest BCUT2D eigenvalue weighted by Gasteiger charge is 2.37. The van der Waals surface area contributed by atoms with E-state index in [0.29, 0.717) is 0 Å². The normalized spacial score (nSPS) is 18.5. The Hall–Kier alpha value is -2.05. The fourth-order valence-electron chi connectivity index (χ4n) is 2.15. The van der Waals surface area contributed by atoms with Gasteiger partial charge in [-0.2, -0.15) is 0 Å². The van der Waals surface area contributed by atoms with Crippen LogP contribution in [0.2, 0.25) is 0 Å². The Labute approximate surface area is 114 Å². The number of alkyl halides is 2. The number of pyridine rings is 1. The Bertz CT molecular complexity index is 524. The Morgan fingerprint density at radius 3 is 2.55 bits per heavy atom. The van der Waals surface area contributed by atoms with Crippen LogP contribution < -0.4 is 5.32 Å². The number of hydrogen-bond donors (Lipinski definition) is 2. The monoisotopic (exact) mass is 284 g/mol. The van der Waals surface area contributed by atoms with Gasteiger partial charge in [0.15, 0.2) is 5.69 Å². The number of halogens is 2. The Balaban J connectivity index is 1.98. The number of nitrogens with one attached hydrogen (secondary N) is 1. The molecule has 20 heavy (non-hydrogen) atoms. The third kappa shape index (κ3) is 3.49. The summed E-state index contributed by atoms with van der Waals surface area (Å²) in [5, 5.41) is 11.3. The second-order valence-electron chi connectivity index (χ2n) is 4.83. The minimum Gasteiger partial charge on any atom is -0.477 e. The molecule has 1 aromatic rings. The van der Waals surface area contributed by atoms with Gasteiger partial charge in [-0.05, 0) is 25.0 Å². The third-order valence-corrected chi connectivity index (χ3v) is 3.31. The predicted octanol–water partition coefficient (Wildman–Crippen LogP) is 2.54. The molecule has 2 N–H and O–H groups in total. The Kier molecular flexibility index (Phi) is 3.96. The van der Waals surface area contributed by atoms with Gasteiger partial charge in [0.05, 0.1) is 0 Å². The highest BCUT2D eigenvalue weighted by atomic mass is 19.3. The van der Waals surface area contributed by atoms with Crippen molar-refractivity contribution in [1.82, 2.24) is 4.98 Å². The summed E-state index contributed by atoms with van der Waals surface area (Å²) in [5.41, 5.74) is -0.182. The zero-order valence-electron chi connectivity index (χ0n) is 10.6. The van der Waals surface area contributed by atoms with E-state index < -0.39 is 23.7 Å². The van der Waals surface area contributed by atoms with E-state index in [1.54, 1.807) is 0 Å². The Morgan fingerprint density at radius 1 is 1.30 bits per heavy atom. The van der Waals surface area contributed by atoms with Crippen molar-refractivity contribution in [3.8, 4) is 0 Å². The van der Waals surface area contributed by atoms with Crippen molar-refractivity contribution < 1.29 is 23.5 Å². The first-order chi connectivity index (χ1) is 9.37. The molecule has 1 amide bonds. The van der Waals surface area contributed by atoms with Crippen molar-refractivity contribution in [2.45, 2.75) is 31.6 Å². The van der Waals surface area contributed by atoms with Crippen molar-refractivity contribution >= 4 is 17.7 Å². The molecule has 5 nitrogen and oxygen atoms in total. The van der Waals surface area contributed by atoms with E-state index in [2.05, 4.69) is 10.3 Å². The lowest BCUT2D eigenvalue weighted by atomic mass is 9.86. The van der Waals surface area contributed by atoms with Crippen molar-refractivity contribution in [3.63, 3.8) is 0 Å². The fraction of sp³-hybridized carbons (Fsp3) is 0.462. The van der Waals surface area contributed by atoms with Gasteiger partial charge < -0.3 is 10.4 Å². The van der Waals surface area contributed by atoms with Gasteiger partial charge in [0.25, 0.3) is 0 Å². The maximum absolute atomic E-state index is 13.0. The molecule has 0 atom stereocenters. The second kappa shape index (κ2) is 5.52. The number of carbonyl (C=O) groups excluding carboxylic acids is 1. The molecule has 0 radical (unpaired) electrons. The summed E-state index contributed by atoms with van der Waals surface area (Å²) < 4.78 is 26.0. The first-order valence-corrected chi connectivity index (χ1v) is 6.26. The van der Waals surface area contributed by atoms with Crippen molar-refractivity contribution in [2.24, 2.45) is 5.92 Å². The number of aromatic nitrogens is 1. The van der Waals surface area contributed by atoms with E-state index in [1.807, 2.05) is 0 Å². The molecule has 0 unspecified atom stereocenters. The summed E-state index contributed by atoms with van der Waals surface area (Å²) in [7, 11) is 0. The number of aromatic carboxylic acids is 1. The first kappa shape index (κ1) is 14.4. The minimum atomic E-state index is -2.68. The third-order valence-electron chi connectivity index (χ3n) is 3.31. The van der Waals surface area contributed by atoms with Gasteiger partial charge in [-0.25, -0.2) is 18.6 Å². The smallest absolute Gasteiger partial charge is 0.354 e. The van der Waals surface area contributed by atoms with Crippen LogP contribution in [0.5, 0.6) is 0 Å². The van der Waals surface area contributed by atoms with Crippen LogP contribution >= 0.6 is 0 Å². The topological polar surface area (TPSA) is 79.3 Å². The number of nitrogens with zero attached hydrogens (tertiary/aromatic N) is 1. The number of carbonyl (C=O) groups is 2. The summed E-state index contributed by atoms with van der Waals surface area (Å²) in [4.78, 5) is 26.4. The molecule has 108 valence electrons. The average molecular weight is 284 g/mol. The average Bonchev–Trinajstić information content (AvgIpc) is 2.38. The molecule has 0 aromatic carbocycles. The standard InChI is InChI=1S/C13H14F2N2O3/c14-13(15)6-4-8(5-7-13)11(18)17-10-3-1-2-9(16-10)12(19)20/h1-3,8H,4-7H2,(H,19,20)(H,16,17,18).